The van der Waals surface area contributed by atoms with E-state index in [4.69, 9.17) is 5.11 Å². The maximum absolute atomic E-state index is 10.3. The van der Waals surface area contributed by atoms with Crippen molar-refractivity contribution in [2.45, 2.75) is 6.92 Å². The summed E-state index contributed by atoms with van der Waals surface area (Å²) in [6, 6.07) is 0. The molecule has 0 spiro atoms. The Morgan fingerprint density at radius 1 is 1.64 bits per heavy atom. The fourth-order valence-electron chi connectivity index (χ4n) is 0.268. The standard InChI is InChI=1S/C6H9NO4/c1-4(2)3-11-7-5(8)6(9)10/h1,3H2,2H3,(H,7,8)(H,9,10). The molecule has 2 N–H and O–H groups in total. The average Bonchev–Trinajstić information content (AvgIpc) is 1.86. The van der Waals surface area contributed by atoms with Crippen molar-refractivity contribution in [1.29, 1.82) is 0 Å². The molecule has 0 fully saturated rings. The normalized spacial score (nSPS) is 8.82. The molecule has 1 amide bonds. The smallest absolute Gasteiger partial charge is 0.396 e. The first-order chi connectivity index (χ1) is 5.04. The Morgan fingerprint density at radius 2 is 2.18 bits per heavy atom. The van der Waals surface area contributed by atoms with Crippen LogP contribution in [0.2, 0.25) is 0 Å². The summed E-state index contributed by atoms with van der Waals surface area (Å²) in [4.78, 5) is 24.6. The van der Waals surface area contributed by atoms with Crippen LogP contribution in [-0.4, -0.2) is 23.6 Å². The molecule has 62 valence electrons. The fraction of sp³-hybridized carbons (Fsp3) is 0.333. The van der Waals surface area contributed by atoms with Crippen molar-refractivity contribution >= 4 is 11.9 Å². The average molecular weight is 159 g/mol. The van der Waals surface area contributed by atoms with E-state index in [1.807, 2.05) is 0 Å². The van der Waals surface area contributed by atoms with Gasteiger partial charge in [-0.05, 0) is 6.92 Å². The number of carboxylic acid groups (broad SMARTS) is 1. The van der Waals surface area contributed by atoms with Crippen LogP contribution in [0.1, 0.15) is 6.92 Å². The van der Waals surface area contributed by atoms with Gasteiger partial charge in [0.2, 0.25) is 0 Å². The van der Waals surface area contributed by atoms with E-state index in [0.29, 0.717) is 5.57 Å². The predicted octanol–water partition coefficient (Wildman–Crippen LogP) is -0.305. The lowest BCUT2D eigenvalue weighted by Crippen LogP contribution is -2.31. The van der Waals surface area contributed by atoms with Crippen LogP contribution < -0.4 is 5.48 Å². The minimum Gasteiger partial charge on any atom is -0.474 e. The molecule has 0 aromatic carbocycles. The Balaban J connectivity index is 3.47. The molecule has 0 radical (unpaired) electrons. The summed E-state index contributed by atoms with van der Waals surface area (Å²) in [5.41, 5.74) is 2.40. The van der Waals surface area contributed by atoms with Crippen molar-refractivity contribution in [2.75, 3.05) is 6.61 Å². The zero-order chi connectivity index (χ0) is 8.85. The lowest BCUT2D eigenvalue weighted by Gasteiger charge is -2.01. The monoisotopic (exact) mass is 159 g/mol. The van der Waals surface area contributed by atoms with Gasteiger partial charge in [0.1, 0.15) is 0 Å². The first kappa shape index (κ1) is 9.64. The van der Waals surface area contributed by atoms with Gasteiger partial charge >= 0.3 is 11.9 Å². The third-order valence-corrected chi connectivity index (χ3v) is 0.678. The summed E-state index contributed by atoms with van der Waals surface area (Å²) >= 11 is 0. The third kappa shape index (κ3) is 5.10. The van der Waals surface area contributed by atoms with Gasteiger partial charge in [-0.2, -0.15) is 0 Å². The molecule has 0 rings (SSSR count). The van der Waals surface area contributed by atoms with Crippen molar-refractivity contribution in [2.24, 2.45) is 0 Å². The molecule has 5 heteroatoms. The highest BCUT2D eigenvalue weighted by Crippen LogP contribution is 1.84. The number of carbonyl (C=O) groups is 2. The van der Waals surface area contributed by atoms with Gasteiger partial charge in [0.15, 0.2) is 0 Å². The topological polar surface area (TPSA) is 75.6 Å². The SMILES string of the molecule is C=C(C)CONC(=O)C(=O)O. The van der Waals surface area contributed by atoms with E-state index in [9.17, 15) is 9.59 Å². The van der Waals surface area contributed by atoms with Crippen LogP contribution in [-0.2, 0) is 14.4 Å². The van der Waals surface area contributed by atoms with Gasteiger partial charge in [0.25, 0.3) is 0 Å². The van der Waals surface area contributed by atoms with Gasteiger partial charge in [0.05, 0.1) is 6.61 Å². The van der Waals surface area contributed by atoms with Crippen molar-refractivity contribution in [3.63, 3.8) is 0 Å². The quantitative estimate of drug-likeness (QED) is 0.336. The second-order valence-corrected chi connectivity index (χ2v) is 1.98. The van der Waals surface area contributed by atoms with Gasteiger partial charge in [0, 0.05) is 0 Å². The Labute approximate surface area is 63.6 Å². The molecule has 0 saturated carbocycles. The second kappa shape index (κ2) is 4.45. The second-order valence-electron chi connectivity index (χ2n) is 1.98. The molecular formula is C6H9NO4. The van der Waals surface area contributed by atoms with Crippen LogP contribution in [0.15, 0.2) is 12.2 Å². The van der Waals surface area contributed by atoms with Gasteiger partial charge in [-0.25, -0.2) is 10.3 Å². The van der Waals surface area contributed by atoms with E-state index in [-0.39, 0.29) is 6.61 Å². The number of carboxylic acids is 1. The molecule has 0 saturated heterocycles. The number of carbonyl (C=O) groups excluding carboxylic acids is 1. The molecule has 0 aromatic rings. The van der Waals surface area contributed by atoms with Gasteiger partial charge in [-0.3, -0.25) is 9.63 Å². The van der Waals surface area contributed by atoms with E-state index in [1.165, 1.54) is 0 Å². The predicted molar refractivity (Wildman–Crippen MR) is 36.5 cm³/mol. The molecule has 0 aromatic heterocycles. The highest BCUT2D eigenvalue weighted by atomic mass is 16.7. The number of rotatable bonds is 3. The largest absolute Gasteiger partial charge is 0.474 e. The summed E-state index contributed by atoms with van der Waals surface area (Å²) in [5, 5.41) is 8.03. The molecule has 0 unspecified atom stereocenters. The number of amides is 1. The summed E-state index contributed by atoms with van der Waals surface area (Å²) in [7, 11) is 0. The van der Waals surface area contributed by atoms with E-state index in [2.05, 4.69) is 11.4 Å². The van der Waals surface area contributed by atoms with E-state index < -0.39 is 11.9 Å². The van der Waals surface area contributed by atoms with Crippen LogP contribution in [0.3, 0.4) is 0 Å². The van der Waals surface area contributed by atoms with Crippen molar-refractivity contribution in [3.05, 3.63) is 12.2 Å². The number of nitrogens with one attached hydrogen (secondary N) is 1. The zero-order valence-electron chi connectivity index (χ0n) is 6.09. The summed E-state index contributed by atoms with van der Waals surface area (Å²) in [6.45, 7) is 5.27. The molecule has 0 aliphatic rings. The van der Waals surface area contributed by atoms with Crippen LogP contribution in [0.4, 0.5) is 0 Å². The Morgan fingerprint density at radius 3 is 2.55 bits per heavy atom. The number of hydrogen-bond donors (Lipinski definition) is 2. The van der Waals surface area contributed by atoms with Crippen LogP contribution in [0, 0.1) is 0 Å². The maximum Gasteiger partial charge on any atom is 0.396 e. The van der Waals surface area contributed by atoms with Gasteiger partial charge in [-0.15, -0.1) is 0 Å². The zero-order valence-corrected chi connectivity index (χ0v) is 6.09. The highest BCUT2D eigenvalue weighted by Gasteiger charge is 2.09. The van der Waals surface area contributed by atoms with Crippen molar-refractivity contribution in [3.8, 4) is 0 Å². The van der Waals surface area contributed by atoms with E-state index in [0.717, 1.165) is 0 Å². The minimum absolute atomic E-state index is 0.110. The molecule has 11 heavy (non-hydrogen) atoms. The lowest BCUT2D eigenvalue weighted by atomic mass is 10.4. The number of aliphatic carboxylic acids is 1. The molecule has 0 atom stereocenters. The van der Waals surface area contributed by atoms with Gasteiger partial charge in [-0.1, -0.05) is 12.2 Å². The van der Waals surface area contributed by atoms with E-state index in [1.54, 1.807) is 12.4 Å². The molecule has 0 aliphatic carbocycles. The van der Waals surface area contributed by atoms with Crippen LogP contribution >= 0.6 is 0 Å². The van der Waals surface area contributed by atoms with E-state index >= 15 is 0 Å². The molecule has 0 heterocycles. The van der Waals surface area contributed by atoms with Crippen LogP contribution in [0.5, 0.6) is 0 Å². The Hall–Kier alpha value is -1.36. The Bertz CT molecular complexity index is 187. The fourth-order valence-corrected chi connectivity index (χ4v) is 0.268. The highest BCUT2D eigenvalue weighted by molar-refractivity contribution is 6.31. The number of hydroxylamine groups is 1. The first-order valence-electron chi connectivity index (χ1n) is 2.83. The summed E-state index contributed by atoms with van der Waals surface area (Å²) in [6.07, 6.45) is 0. The Kier molecular flexibility index (Phi) is 3.90. The summed E-state index contributed by atoms with van der Waals surface area (Å²) in [5.74, 6) is -2.77. The third-order valence-electron chi connectivity index (χ3n) is 0.678. The van der Waals surface area contributed by atoms with Crippen LogP contribution in [0.25, 0.3) is 0 Å². The summed E-state index contributed by atoms with van der Waals surface area (Å²) < 4.78 is 0. The number of hydrogen-bond acceptors (Lipinski definition) is 3. The lowest BCUT2D eigenvalue weighted by molar-refractivity contribution is -0.156. The molecular weight excluding hydrogens is 150 g/mol. The molecule has 5 nitrogen and oxygen atoms in total. The van der Waals surface area contributed by atoms with Crippen molar-refractivity contribution in [1.82, 2.24) is 5.48 Å². The maximum atomic E-state index is 10.3. The minimum atomic E-state index is -1.58. The molecule has 0 bridgehead atoms. The van der Waals surface area contributed by atoms with Gasteiger partial charge < -0.3 is 5.11 Å². The first-order valence-corrected chi connectivity index (χ1v) is 2.83. The van der Waals surface area contributed by atoms with Crippen molar-refractivity contribution < 1.29 is 19.5 Å². The molecule has 0 aliphatic heterocycles.